The Labute approximate surface area is 770 Å². The van der Waals surface area contributed by atoms with Gasteiger partial charge in [-0.1, -0.05) is 201 Å². The first-order valence-corrected chi connectivity index (χ1v) is 43.6. The van der Waals surface area contributed by atoms with Crippen LogP contribution in [0.5, 0.6) is 6.01 Å². The Morgan fingerprint density at radius 1 is 0.387 bits per heavy atom. The van der Waals surface area contributed by atoms with Crippen LogP contribution < -0.4 is 64.9 Å². The Balaban J connectivity index is 0.00000154. The van der Waals surface area contributed by atoms with E-state index in [0.717, 1.165) is 103 Å². The molecule has 26 nitrogen and oxygen atoms in total. The van der Waals surface area contributed by atoms with E-state index < -0.39 is 0 Å². The quantitative estimate of drug-likeness (QED) is 0.00909. The predicted octanol–water partition coefficient (Wildman–Crippen LogP) is 19.5. The molecule has 4 heterocycles. The largest absolute Gasteiger partial charge is 1.00 e. The molecule has 6 N–H and O–H groups in total. The van der Waals surface area contributed by atoms with Gasteiger partial charge in [-0.25, -0.2) is 34.9 Å². The van der Waals surface area contributed by atoms with E-state index in [1.807, 2.05) is 26.0 Å². The number of hydrogen-bond acceptors (Lipinski definition) is 26. The van der Waals surface area contributed by atoms with Crippen LogP contribution in [0.2, 0.25) is 21.0 Å². The van der Waals surface area contributed by atoms with Crippen LogP contribution in [0.3, 0.4) is 0 Å². The fourth-order valence-corrected chi connectivity index (χ4v) is 13.9. The molecule has 0 aliphatic heterocycles. The molecule has 0 amide bonds. The van der Waals surface area contributed by atoms with Crippen molar-refractivity contribution in [3.05, 3.63) is 165 Å². The zero-order valence-electron chi connectivity index (χ0n) is 77.6. The number of rotatable bonds is 41. The summed E-state index contributed by atoms with van der Waals surface area (Å²) >= 11 is 22.7. The van der Waals surface area contributed by atoms with Gasteiger partial charge in [0.1, 0.15) is 22.6 Å². The number of nitrogens with zero attached hydrogens (tertiary/aromatic N) is 12. The number of carbonyl (C=O) groups excluding carboxylic acids is 6. The van der Waals surface area contributed by atoms with Crippen molar-refractivity contribution < 1.29 is 67.3 Å². The first kappa shape index (κ1) is 115. The van der Waals surface area contributed by atoms with Crippen LogP contribution in [-0.2, 0) is 38.2 Å². The second-order valence-electron chi connectivity index (χ2n) is 33.5. The van der Waals surface area contributed by atoms with Crippen LogP contribution in [0, 0.1) is 47.3 Å². The Hall–Kier alpha value is -9.18. The molecular weight excluding hydrogens is 1650 g/mol. The number of anilines is 11. The molecule has 8 rings (SSSR count). The third-order valence-electron chi connectivity index (χ3n) is 18.2. The molecular formula is C93H137Cl4LiN16O10. The van der Waals surface area contributed by atoms with Gasteiger partial charge in [-0.05, 0) is 202 Å². The standard InChI is InChI=1S/C23H35ClN4.C23H34N4O3.C22H31ClN4O2.C19H34N2.C4H2Cl2N2.2CO2.Li.H2O/c1-7-8-18(6)19-9-10-21(28(14-16(2)3)15-17(4)5)20(13-19)26-22-11-12-25-23(24)27-22;1-16(2)12-27(13-17(3)4)21-8-7-19(18(5)14-30-15-28)11-20(21)25-22-9-10-24-23(26-22)29-6;1-15(2)11-27(12-16(3)4)20-7-6-18(17(5)13-29-14-28)10-19(20)25-21-8-9-24-22(23)26-21;1-7-8-16(6)17-9-10-19(18(20)11-17)21(12-14(2)3)13-15(4)5;5-3-1-2-7-4(6)8-3;2*2-1-3;;/h9-13,16-18H,7-8,14-15H2,1-6H3,(H,25,26,27);7-11,15-18H,12-14H2,1-6H3,(H,24,25,26);6-10,14-17H,11-13H2,1-5H3,(H,24,25,26);9-11,14-16H,7-8,12-13,20H2,1-6H3;1-2H;;;;1H2/q;;;;;;;+1;/p-1. The van der Waals surface area contributed by atoms with E-state index in [-0.39, 0.29) is 64.3 Å². The minimum Gasteiger partial charge on any atom is -0.870 e. The van der Waals surface area contributed by atoms with Crippen molar-refractivity contribution in [1.82, 2.24) is 39.9 Å². The third kappa shape index (κ3) is 46.2. The number of carbonyl (C=O) groups is 2. The fraction of sp³-hybridized carbons (Fsp3) is 0.527. The van der Waals surface area contributed by atoms with E-state index in [9.17, 15) is 9.59 Å². The second-order valence-corrected chi connectivity index (χ2v) is 34.9. The molecule has 0 bridgehead atoms. The molecule has 0 saturated heterocycles. The third-order valence-corrected chi connectivity index (χ3v) is 18.9. The van der Waals surface area contributed by atoms with E-state index >= 15 is 0 Å². The number of ether oxygens (including phenoxy) is 3. The minimum absolute atomic E-state index is 0. The summed E-state index contributed by atoms with van der Waals surface area (Å²) in [5.41, 5.74) is 19.8. The summed E-state index contributed by atoms with van der Waals surface area (Å²) < 4.78 is 15.1. The van der Waals surface area contributed by atoms with E-state index in [2.05, 4.69) is 287 Å². The van der Waals surface area contributed by atoms with Crippen LogP contribution in [-0.4, -0.2) is 143 Å². The van der Waals surface area contributed by atoms with Crippen molar-refractivity contribution in [2.75, 3.05) is 114 Å². The summed E-state index contributed by atoms with van der Waals surface area (Å²) in [6, 6.07) is 33.5. The van der Waals surface area contributed by atoms with Crippen molar-refractivity contribution in [3.63, 3.8) is 0 Å². The monoisotopic (exact) mass is 1780 g/mol. The summed E-state index contributed by atoms with van der Waals surface area (Å²) in [4.78, 5) is 95.6. The van der Waals surface area contributed by atoms with Crippen molar-refractivity contribution in [2.24, 2.45) is 47.3 Å². The molecule has 4 aromatic heterocycles. The molecule has 0 fully saturated rings. The number of nitrogens with one attached hydrogen (secondary N) is 3. The van der Waals surface area contributed by atoms with Crippen molar-refractivity contribution in [2.45, 2.75) is 202 Å². The second kappa shape index (κ2) is 63.7. The van der Waals surface area contributed by atoms with Gasteiger partial charge in [0.25, 0.3) is 12.9 Å². The predicted molar refractivity (Wildman–Crippen MR) is 502 cm³/mol. The van der Waals surface area contributed by atoms with Gasteiger partial charge in [-0.2, -0.15) is 24.2 Å². The number of nitrogen functional groups attached to an aromatic ring is 1. The summed E-state index contributed by atoms with van der Waals surface area (Å²) in [6.07, 6.45) is 11.8. The summed E-state index contributed by atoms with van der Waals surface area (Å²) in [7, 11) is 1.55. The first-order valence-electron chi connectivity index (χ1n) is 42.1. The molecule has 8 aromatic rings. The van der Waals surface area contributed by atoms with Gasteiger partial charge >= 0.3 is 37.2 Å². The van der Waals surface area contributed by atoms with Gasteiger partial charge in [0.05, 0.1) is 65.8 Å². The zero-order valence-corrected chi connectivity index (χ0v) is 80.6. The van der Waals surface area contributed by atoms with Crippen LogP contribution in [0.4, 0.5) is 63.0 Å². The Morgan fingerprint density at radius 3 is 0.911 bits per heavy atom. The zero-order chi connectivity index (χ0) is 91.6. The topological polar surface area (TPSA) is 338 Å². The van der Waals surface area contributed by atoms with Crippen LogP contribution in [0.25, 0.3) is 0 Å². The fourth-order valence-electron chi connectivity index (χ4n) is 13.3. The maximum Gasteiger partial charge on any atom is 1.00 e. The molecule has 124 heavy (non-hydrogen) atoms. The number of aromatic nitrogens is 8. The number of hydrogen-bond donors (Lipinski definition) is 4. The average Bonchev–Trinajstić information content (AvgIpc) is 0.831. The molecule has 4 atom stereocenters. The van der Waals surface area contributed by atoms with Gasteiger partial charge in [0.2, 0.25) is 15.9 Å². The maximum absolute atomic E-state index is 10.6. The summed E-state index contributed by atoms with van der Waals surface area (Å²) in [6.45, 7) is 58.6. The summed E-state index contributed by atoms with van der Waals surface area (Å²) in [5.74, 6) is 7.82. The van der Waals surface area contributed by atoms with Crippen LogP contribution >= 0.6 is 46.4 Å². The normalized spacial score (nSPS) is 11.5. The first-order chi connectivity index (χ1) is 57.9. The maximum atomic E-state index is 10.6. The molecule has 4 aromatic carbocycles. The van der Waals surface area contributed by atoms with Crippen molar-refractivity contribution >= 4 is 135 Å². The molecule has 0 saturated carbocycles. The number of methoxy groups -OCH3 is 1. The Morgan fingerprint density at radius 2 is 0.653 bits per heavy atom. The Kier molecular flexibility index (Phi) is 59.0. The van der Waals surface area contributed by atoms with E-state index in [4.69, 9.17) is 85.5 Å². The number of benzene rings is 4. The SMILES string of the molecule is CC(C)CN(CC(C)C)c1ccc(C(C)COC=O)cc1Nc1ccnc(Cl)n1.CCCC(C)c1ccc(N(CC(C)C)CC(C)C)c(N)c1.CCCC(C)c1ccc(N(CC(C)C)CC(C)C)c(Nc2ccnc(Cl)n2)c1.COc1nccc(Nc2cc(C(C)COC=O)ccc2N(CC(C)C)CC(C)C)n1.Clc1ccnc(Cl)n1.O=C=O.O=C=O.[Li+].[OH-]. The van der Waals surface area contributed by atoms with E-state index in [1.165, 1.54) is 54.4 Å². The van der Waals surface area contributed by atoms with E-state index in [0.29, 0.717) is 108 Å². The van der Waals surface area contributed by atoms with Gasteiger partial charge in [0, 0.05) is 89.0 Å². The minimum atomic E-state index is 0. The van der Waals surface area contributed by atoms with Gasteiger partial charge < -0.3 is 61.0 Å². The smallest absolute Gasteiger partial charge is 0.870 e. The molecule has 4 unspecified atom stereocenters. The molecule has 0 radical (unpaired) electrons. The van der Waals surface area contributed by atoms with Crippen LogP contribution in [0.15, 0.2) is 122 Å². The Bertz CT molecular complexity index is 4300. The number of nitrogens with two attached hydrogens (primary N) is 1. The van der Waals surface area contributed by atoms with Crippen molar-refractivity contribution in [1.29, 1.82) is 0 Å². The number of halogens is 4. The van der Waals surface area contributed by atoms with Gasteiger partial charge in [-0.3, -0.25) is 9.59 Å². The van der Waals surface area contributed by atoms with Gasteiger partial charge in [0.15, 0.2) is 0 Å². The summed E-state index contributed by atoms with van der Waals surface area (Å²) in [5, 5.41) is 11.3. The van der Waals surface area contributed by atoms with Crippen LogP contribution in [0.1, 0.15) is 224 Å². The van der Waals surface area contributed by atoms with Gasteiger partial charge in [-0.15, -0.1) is 0 Å². The molecule has 31 heteroatoms. The average molecular weight is 1790 g/mol. The molecule has 0 aliphatic carbocycles. The molecule has 678 valence electrons. The molecule has 0 spiro atoms. The molecule has 0 aliphatic rings. The van der Waals surface area contributed by atoms with E-state index in [1.54, 1.807) is 37.8 Å². The van der Waals surface area contributed by atoms with Crippen molar-refractivity contribution in [3.8, 4) is 6.01 Å².